The Bertz CT molecular complexity index is 2420. The van der Waals surface area contributed by atoms with Crippen LogP contribution < -0.4 is 0 Å². The van der Waals surface area contributed by atoms with Gasteiger partial charge in [0.2, 0.25) is 5.91 Å². The number of likely N-dealkylation sites (tertiary alicyclic amines) is 2. The quantitative estimate of drug-likeness (QED) is 0.112. The molecule has 3 atom stereocenters. The van der Waals surface area contributed by atoms with Crippen molar-refractivity contribution in [2.24, 2.45) is 0 Å². The Morgan fingerprint density at radius 3 is 2.20 bits per heavy atom. The Hall–Kier alpha value is -6.49. The van der Waals surface area contributed by atoms with Crippen LogP contribution in [0.25, 0.3) is 33.4 Å². The summed E-state index contributed by atoms with van der Waals surface area (Å²) >= 11 is 0. The van der Waals surface area contributed by atoms with Crippen LogP contribution in [0, 0.1) is 0 Å². The van der Waals surface area contributed by atoms with Gasteiger partial charge in [0.1, 0.15) is 12.4 Å². The van der Waals surface area contributed by atoms with Gasteiger partial charge in [-0.05, 0) is 85.5 Å². The van der Waals surface area contributed by atoms with Crippen molar-refractivity contribution in [3.05, 3.63) is 138 Å². The molecule has 4 aromatic carbocycles. The largest absolute Gasteiger partial charge is 0.463 e. The molecule has 0 bridgehead atoms. The number of carbonyl (C=O) groups is 4. The Morgan fingerprint density at radius 2 is 1.46 bits per heavy atom. The highest BCUT2D eigenvalue weighted by molar-refractivity contribution is 5.95. The first-order valence-electron chi connectivity index (χ1n) is 20.5. The summed E-state index contributed by atoms with van der Waals surface area (Å²) in [4.78, 5) is 68.7. The first-order chi connectivity index (χ1) is 28.7. The molecule has 2 aromatic heterocycles. The molecular weight excluding hydrogens is 743 g/mol. The standard InChI is InChI=1S/C48H49N5O6/c1-31(2)59-45(55)28-38(34-13-7-4-8-14-34)47(56)52-23-9-15-42(52)44(54)26-33-17-22-39-37(25-33)27-40(50-39)35-18-20-36(21-19-35)41-29-49-46(51-41)43-16-10-24-53(43)48(57)58-30-32-11-5-3-6-12-32/h3-8,11-14,17-22,25,27,29,31,38,42-43,50H,9-10,15-16,23-24,26,28,30H2,1-2H3,(H,49,51)/t38-,42+,43+/m1/s1. The minimum atomic E-state index is -0.720. The molecule has 2 aliphatic heterocycles. The van der Waals surface area contributed by atoms with Crippen molar-refractivity contribution in [1.29, 1.82) is 0 Å². The SMILES string of the molecule is CC(C)OC(=O)C[C@@H](C(=O)N1CCC[C@H]1C(=O)Cc1ccc2[nH]c(-c3ccc(-c4cnc([C@@H]5CCCN5C(=O)OCc5ccccc5)[nH]4)cc3)cc2c1)c1ccccc1. The molecule has 2 fully saturated rings. The smallest absolute Gasteiger partial charge is 0.410 e. The lowest BCUT2D eigenvalue weighted by molar-refractivity contribution is -0.150. The van der Waals surface area contributed by atoms with Crippen LogP contribution in [-0.2, 0) is 36.9 Å². The summed E-state index contributed by atoms with van der Waals surface area (Å²) in [6, 6.07) is 34.5. The molecule has 11 nitrogen and oxygen atoms in total. The monoisotopic (exact) mass is 791 g/mol. The minimum Gasteiger partial charge on any atom is -0.463 e. The number of hydrogen-bond acceptors (Lipinski definition) is 7. The number of nitrogens with zero attached hydrogens (tertiary/aromatic N) is 3. The lowest BCUT2D eigenvalue weighted by Gasteiger charge is -2.28. The topological polar surface area (TPSA) is 138 Å². The van der Waals surface area contributed by atoms with Crippen LogP contribution in [0.4, 0.5) is 4.79 Å². The summed E-state index contributed by atoms with van der Waals surface area (Å²) in [7, 11) is 0. The molecule has 11 heteroatoms. The molecule has 0 aliphatic carbocycles. The first-order valence-corrected chi connectivity index (χ1v) is 20.5. The predicted molar refractivity (Wildman–Crippen MR) is 225 cm³/mol. The molecule has 6 aromatic rings. The van der Waals surface area contributed by atoms with Gasteiger partial charge in [-0.25, -0.2) is 9.78 Å². The number of Topliss-reactive ketones (excluding diaryl/α,β-unsaturated/α-hetero) is 1. The number of hydrogen-bond donors (Lipinski definition) is 2. The Kier molecular flexibility index (Phi) is 11.7. The van der Waals surface area contributed by atoms with Crippen molar-refractivity contribution in [1.82, 2.24) is 24.8 Å². The van der Waals surface area contributed by atoms with Crippen LogP contribution in [0.2, 0.25) is 0 Å². The number of aromatic amines is 2. The Labute approximate surface area is 343 Å². The van der Waals surface area contributed by atoms with Gasteiger partial charge >= 0.3 is 12.1 Å². The van der Waals surface area contributed by atoms with Gasteiger partial charge in [-0.3, -0.25) is 19.3 Å². The van der Waals surface area contributed by atoms with E-state index in [1.165, 1.54) is 0 Å². The molecule has 8 rings (SSSR count). The van der Waals surface area contributed by atoms with Crippen molar-refractivity contribution < 1.29 is 28.7 Å². The predicted octanol–water partition coefficient (Wildman–Crippen LogP) is 8.93. The van der Waals surface area contributed by atoms with Gasteiger partial charge < -0.3 is 24.3 Å². The number of ketones is 1. The van der Waals surface area contributed by atoms with Crippen molar-refractivity contribution >= 4 is 34.7 Å². The summed E-state index contributed by atoms with van der Waals surface area (Å²) in [6.07, 6.45) is 4.34. The van der Waals surface area contributed by atoms with E-state index in [1.807, 2.05) is 97.2 Å². The highest BCUT2D eigenvalue weighted by Crippen LogP contribution is 2.34. The van der Waals surface area contributed by atoms with E-state index in [1.54, 1.807) is 23.6 Å². The number of benzene rings is 4. The second kappa shape index (κ2) is 17.6. The molecule has 0 radical (unpaired) electrons. The first kappa shape index (κ1) is 39.3. The van der Waals surface area contributed by atoms with Crippen LogP contribution in [0.5, 0.6) is 0 Å². The van der Waals surface area contributed by atoms with Gasteiger partial charge in [0, 0.05) is 36.1 Å². The van der Waals surface area contributed by atoms with Gasteiger partial charge in [-0.2, -0.15) is 0 Å². The normalized spacial score (nSPS) is 17.1. The maximum absolute atomic E-state index is 14.0. The molecule has 4 heterocycles. The number of carbonyl (C=O) groups excluding carboxylic acids is 4. The van der Waals surface area contributed by atoms with E-state index >= 15 is 0 Å². The average Bonchev–Trinajstić information content (AvgIpc) is 4.09. The number of amides is 2. The molecule has 2 saturated heterocycles. The van der Waals surface area contributed by atoms with Crippen LogP contribution in [0.3, 0.4) is 0 Å². The number of rotatable bonds is 13. The molecule has 302 valence electrons. The molecule has 2 amide bonds. The van der Waals surface area contributed by atoms with Crippen LogP contribution >= 0.6 is 0 Å². The van der Waals surface area contributed by atoms with Crippen molar-refractivity contribution in [2.75, 3.05) is 13.1 Å². The molecule has 0 spiro atoms. The van der Waals surface area contributed by atoms with E-state index in [4.69, 9.17) is 9.47 Å². The second-order valence-electron chi connectivity index (χ2n) is 15.8. The number of nitrogens with one attached hydrogen (secondary N) is 2. The van der Waals surface area contributed by atoms with E-state index in [2.05, 4.69) is 33.2 Å². The van der Waals surface area contributed by atoms with Crippen LogP contribution in [0.1, 0.15) is 80.4 Å². The van der Waals surface area contributed by atoms with Gasteiger partial charge in [-0.15, -0.1) is 0 Å². The summed E-state index contributed by atoms with van der Waals surface area (Å²) in [6.45, 7) is 4.91. The Morgan fingerprint density at radius 1 is 0.763 bits per heavy atom. The molecule has 0 saturated carbocycles. The van der Waals surface area contributed by atoms with Crippen LogP contribution in [0.15, 0.2) is 115 Å². The van der Waals surface area contributed by atoms with E-state index < -0.39 is 17.9 Å². The minimum absolute atomic E-state index is 0.0105. The third kappa shape index (κ3) is 8.99. The van der Waals surface area contributed by atoms with E-state index in [0.717, 1.165) is 75.2 Å². The molecule has 59 heavy (non-hydrogen) atoms. The van der Waals surface area contributed by atoms with Crippen molar-refractivity contribution in [3.63, 3.8) is 0 Å². The van der Waals surface area contributed by atoms with Crippen molar-refractivity contribution in [3.8, 4) is 22.5 Å². The van der Waals surface area contributed by atoms with Crippen LogP contribution in [-0.4, -0.2) is 73.7 Å². The zero-order chi connectivity index (χ0) is 40.9. The van der Waals surface area contributed by atoms with E-state index in [9.17, 15) is 19.2 Å². The van der Waals surface area contributed by atoms with E-state index in [0.29, 0.717) is 19.5 Å². The lowest BCUT2D eigenvalue weighted by atomic mass is 9.93. The summed E-state index contributed by atoms with van der Waals surface area (Å²) in [5.41, 5.74) is 7.33. The van der Waals surface area contributed by atoms with Gasteiger partial charge in [0.25, 0.3) is 0 Å². The molecule has 2 N–H and O–H groups in total. The molecule has 2 aliphatic rings. The van der Waals surface area contributed by atoms with Gasteiger partial charge in [0.05, 0.1) is 42.4 Å². The van der Waals surface area contributed by atoms with Crippen molar-refractivity contribution in [2.45, 2.75) is 83.1 Å². The summed E-state index contributed by atoms with van der Waals surface area (Å²) in [5, 5.41) is 0.989. The summed E-state index contributed by atoms with van der Waals surface area (Å²) < 4.78 is 11.0. The maximum Gasteiger partial charge on any atom is 0.410 e. The summed E-state index contributed by atoms with van der Waals surface area (Å²) in [5.74, 6) is -0.630. The lowest BCUT2D eigenvalue weighted by Crippen LogP contribution is -2.44. The average molecular weight is 792 g/mol. The number of esters is 1. The number of fused-ring (bicyclic) bond motifs is 1. The number of aromatic nitrogens is 3. The third-order valence-corrected chi connectivity index (χ3v) is 11.3. The number of H-pyrrole nitrogens is 2. The van der Waals surface area contributed by atoms with Gasteiger partial charge in [0.15, 0.2) is 5.78 Å². The third-order valence-electron chi connectivity index (χ3n) is 11.3. The zero-order valence-corrected chi connectivity index (χ0v) is 33.4. The van der Waals surface area contributed by atoms with E-state index in [-0.39, 0.29) is 49.4 Å². The Balaban J connectivity index is 0.909. The fourth-order valence-corrected chi connectivity index (χ4v) is 8.40. The maximum atomic E-state index is 14.0. The number of imidazole rings is 1. The highest BCUT2D eigenvalue weighted by Gasteiger charge is 2.38. The molecule has 0 unspecified atom stereocenters. The highest BCUT2D eigenvalue weighted by atomic mass is 16.6. The second-order valence-corrected chi connectivity index (χ2v) is 15.8. The zero-order valence-electron chi connectivity index (χ0n) is 33.4. The molecular formula is C48H49N5O6. The fraction of sp³-hybridized carbons (Fsp3) is 0.312. The number of ether oxygens (including phenoxy) is 2. The fourth-order valence-electron chi connectivity index (χ4n) is 8.40. The van der Waals surface area contributed by atoms with Gasteiger partial charge in [-0.1, -0.05) is 91.0 Å².